The summed E-state index contributed by atoms with van der Waals surface area (Å²) in [6.07, 6.45) is 4.55. The first-order chi connectivity index (χ1) is 14.5. The molecule has 4 rings (SSSR count). The van der Waals surface area contributed by atoms with Gasteiger partial charge in [-0.2, -0.15) is 0 Å². The number of carbonyl (C=O) groups excluding carboxylic acids is 1. The minimum absolute atomic E-state index is 0.174. The Morgan fingerprint density at radius 1 is 1.03 bits per heavy atom. The number of hydrogen-bond donors (Lipinski definition) is 3. The largest absolute Gasteiger partial charge is 0.508 e. The Balaban J connectivity index is 1.51. The Kier molecular flexibility index (Phi) is 5.85. The molecule has 0 aliphatic rings. The summed E-state index contributed by atoms with van der Waals surface area (Å²) in [4.78, 5) is 21.5. The summed E-state index contributed by atoms with van der Waals surface area (Å²) < 4.78 is 0. The number of aromatic nitrogens is 2. The zero-order valence-electron chi connectivity index (χ0n) is 15.3. The number of anilines is 3. The molecule has 2 aromatic heterocycles. The number of amides is 1. The van der Waals surface area contributed by atoms with E-state index < -0.39 is 0 Å². The van der Waals surface area contributed by atoms with Gasteiger partial charge in [0.15, 0.2) is 0 Å². The molecular formula is C21H14Cl2N4O2S. The Bertz CT molecular complexity index is 1260. The average Bonchev–Trinajstić information content (AvgIpc) is 3.14. The first-order valence-electron chi connectivity index (χ1n) is 8.72. The minimum Gasteiger partial charge on any atom is -0.508 e. The number of aromatic hydroxyl groups is 1. The molecule has 30 heavy (non-hydrogen) atoms. The standard InChI is InChI=1S/C21H14Cl2N4O2S/c22-16-7-4-13(9-17(16)23)26-20-15-10-19(30-21(15)25-11-24-20)27-18(29)8-3-12-1-5-14(28)6-2-12/h1-11,28H,(H,27,29)(H,24,25,26)/b8-3+. The molecule has 0 unspecified atom stereocenters. The molecule has 1 amide bonds. The molecule has 0 aliphatic carbocycles. The average molecular weight is 457 g/mol. The molecule has 0 aliphatic heterocycles. The quantitative estimate of drug-likeness (QED) is 0.315. The van der Waals surface area contributed by atoms with Crippen molar-refractivity contribution < 1.29 is 9.90 Å². The third-order valence-electron chi connectivity index (χ3n) is 4.08. The Morgan fingerprint density at radius 3 is 2.60 bits per heavy atom. The number of phenols is 1. The number of nitrogens with zero attached hydrogens (tertiary/aromatic N) is 2. The molecule has 3 N–H and O–H groups in total. The summed E-state index contributed by atoms with van der Waals surface area (Å²) in [6, 6.07) is 13.6. The molecule has 150 valence electrons. The van der Waals surface area contributed by atoms with Gasteiger partial charge in [0.1, 0.15) is 22.7 Å². The van der Waals surface area contributed by atoms with E-state index in [1.54, 1.807) is 48.5 Å². The smallest absolute Gasteiger partial charge is 0.248 e. The molecule has 2 heterocycles. The van der Waals surface area contributed by atoms with Crippen molar-refractivity contribution in [2.24, 2.45) is 0 Å². The molecule has 0 spiro atoms. The maximum absolute atomic E-state index is 12.3. The first-order valence-corrected chi connectivity index (χ1v) is 10.3. The van der Waals surface area contributed by atoms with Gasteiger partial charge in [0.2, 0.25) is 5.91 Å². The van der Waals surface area contributed by atoms with Crippen molar-refractivity contribution >= 4 is 73.2 Å². The third-order valence-corrected chi connectivity index (χ3v) is 5.78. The second kappa shape index (κ2) is 8.71. The highest BCUT2D eigenvalue weighted by Gasteiger charge is 2.11. The second-order valence-electron chi connectivity index (χ2n) is 6.22. The van der Waals surface area contributed by atoms with Crippen molar-refractivity contribution in [3.05, 3.63) is 76.5 Å². The van der Waals surface area contributed by atoms with Crippen molar-refractivity contribution in [3.8, 4) is 5.75 Å². The van der Waals surface area contributed by atoms with Gasteiger partial charge in [-0.1, -0.05) is 46.7 Å². The summed E-state index contributed by atoms with van der Waals surface area (Å²) in [6.45, 7) is 0. The number of fused-ring (bicyclic) bond motifs is 1. The molecule has 0 radical (unpaired) electrons. The molecule has 2 aromatic carbocycles. The maximum atomic E-state index is 12.3. The van der Waals surface area contributed by atoms with Gasteiger partial charge in [-0.05, 0) is 48.0 Å². The summed E-state index contributed by atoms with van der Waals surface area (Å²) >= 11 is 13.4. The normalized spacial score (nSPS) is 11.1. The lowest BCUT2D eigenvalue weighted by atomic mass is 10.2. The highest BCUT2D eigenvalue weighted by molar-refractivity contribution is 7.22. The van der Waals surface area contributed by atoms with Crippen LogP contribution in [0.5, 0.6) is 5.75 Å². The van der Waals surface area contributed by atoms with Gasteiger partial charge in [-0.15, -0.1) is 0 Å². The van der Waals surface area contributed by atoms with E-state index in [0.717, 1.165) is 21.5 Å². The number of benzene rings is 2. The molecule has 6 nitrogen and oxygen atoms in total. The van der Waals surface area contributed by atoms with Crippen molar-refractivity contribution in [1.29, 1.82) is 0 Å². The van der Waals surface area contributed by atoms with Crippen LogP contribution < -0.4 is 10.6 Å². The van der Waals surface area contributed by atoms with Crippen LogP contribution in [0.25, 0.3) is 16.3 Å². The van der Waals surface area contributed by atoms with E-state index in [1.807, 2.05) is 6.07 Å². The predicted octanol–water partition coefficient (Wildman–Crippen LogP) is 6.10. The Morgan fingerprint density at radius 2 is 1.83 bits per heavy atom. The fourth-order valence-corrected chi connectivity index (χ4v) is 3.85. The van der Waals surface area contributed by atoms with Gasteiger partial charge in [0, 0.05) is 11.8 Å². The highest BCUT2D eigenvalue weighted by Crippen LogP contribution is 2.34. The molecule has 4 aromatic rings. The topological polar surface area (TPSA) is 87.1 Å². The lowest BCUT2D eigenvalue weighted by Gasteiger charge is -2.07. The number of carbonyl (C=O) groups is 1. The SMILES string of the molecule is O=C(/C=C/c1ccc(O)cc1)Nc1cc2c(Nc3ccc(Cl)c(Cl)c3)ncnc2s1. The zero-order valence-corrected chi connectivity index (χ0v) is 17.6. The van der Waals surface area contributed by atoms with Gasteiger partial charge in [0.25, 0.3) is 0 Å². The molecule has 9 heteroatoms. The van der Waals surface area contributed by atoms with Crippen molar-refractivity contribution in [2.75, 3.05) is 10.6 Å². The van der Waals surface area contributed by atoms with Crippen LogP contribution in [0.1, 0.15) is 5.56 Å². The lowest BCUT2D eigenvalue weighted by Crippen LogP contribution is -2.05. The van der Waals surface area contributed by atoms with E-state index in [0.29, 0.717) is 20.9 Å². The maximum Gasteiger partial charge on any atom is 0.248 e. The third kappa shape index (κ3) is 4.71. The molecule has 0 bridgehead atoms. The highest BCUT2D eigenvalue weighted by atomic mass is 35.5. The second-order valence-corrected chi connectivity index (χ2v) is 8.06. The number of nitrogens with one attached hydrogen (secondary N) is 2. The van der Waals surface area contributed by atoms with Crippen molar-refractivity contribution in [2.45, 2.75) is 0 Å². The van der Waals surface area contributed by atoms with Crippen LogP contribution in [0.3, 0.4) is 0 Å². The van der Waals surface area contributed by atoms with Crippen LogP contribution in [0.2, 0.25) is 10.0 Å². The number of halogens is 2. The van der Waals surface area contributed by atoms with Gasteiger partial charge in [-0.3, -0.25) is 4.79 Å². The minimum atomic E-state index is -0.276. The van der Waals surface area contributed by atoms with Crippen LogP contribution in [0.15, 0.2) is 60.9 Å². The lowest BCUT2D eigenvalue weighted by molar-refractivity contribution is -0.111. The Labute approximate surface area is 185 Å². The first kappa shape index (κ1) is 20.2. The molecule has 0 saturated carbocycles. The van der Waals surface area contributed by atoms with Crippen molar-refractivity contribution in [3.63, 3.8) is 0 Å². The number of thiophene rings is 1. The fourth-order valence-electron chi connectivity index (χ4n) is 2.65. The van der Waals surface area contributed by atoms with Gasteiger partial charge < -0.3 is 15.7 Å². The molecular weight excluding hydrogens is 443 g/mol. The molecule has 0 saturated heterocycles. The van der Waals surface area contributed by atoms with Crippen LogP contribution in [0, 0.1) is 0 Å². The van der Waals surface area contributed by atoms with Gasteiger partial charge in [-0.25, -0.2) is 9.97 Å². The summed E-state index contributed by atoms with van der Waals surface area (Å²) in [5.74, 6) is 0.490. The number of hydrogen-bond acceptors (Lipinski definition) is 6. The van der Waals surface area contributed by atoms with E-state index in [9.17, 15) is 9.90 Å². The van der Waals surface area contributed by atoms with Crippen LogP contribution in [-0.4, -0.2) is 21.0 Å². The van der Waals surface area contributed by atoms with Gasteiger partial charge >= 0.3 is 0 Å². The summed E-state index contributed by atoms with van der Waals surface area (Å²) in [5.41, 5.74) is 1.54. The molecule has 0 fully saturated rings. The van der Waals surface area contributed by atoms with Crippen LogP contribution in [-0.2, 0) is 4.79 Å². The van der Waals surface area contributed by atoms with E-state index in [4.69, 9.17) is 23.2 Å². The number of phenolic OH excluding ortho intramolecular Hbond substituents is 1. The van der Waals surface area contributed by atoms with E-state index in [1.165, 1.54) is 23.7 Å². The van der Waals surface area contributed by atoms with Crippen LogP contribution in [0.4, 0.5) is 16.5 Å². The van der Waals surface area contributed by atoms with Crippen molar-refractivity contribution in [1.82, 2.24) is 9.97 Å². The summed E-state index contributed by atoms with van der Waals surface area (Å²) in [5, 5.41) is 17.7. The molecule has 0 atom stereocenters. The monoisotopic (exact) mass is 456 g/mol. The van der Waals surface area contributed by atoms with E-state index >= 15 is 0 Å². The summed E-state index contributed by atoms with van der Waals surface area (Å²) in [7, 11) is 0. The Hall–Kier alpha value is -3.13. The predicted molar refractivity (Wildman–Crippen MR) is 123 cm³/mol. The van der Waals surface area contributed by atoms with Crippen LogP contribution >= 0.6 is 34.5 Å². The van der Waals surface area contributed by atoms with Gasteiger partial charge in [0.05, 0.1) is 20.4 Å². The zero-order chi connectivity index (χ0) is 21.1. The van der Waals surface area contributed by atoms with E-state index in [2.05, 4.69) is 20.6 Å². The number of rotatable bonds is 5. The van der Waals surface area contributed by atoms with E-state index in [-0.39, 0.29) is 11.7 Å². The fraction of sp³-hybridized carbons (Fsp3) is 0.